The molecule has 1 aromatic heterocycles. The number of aromatic nitrogens is 2. The second-order valence-corrected chi connectivity index (χ2v) is 6.25. The molecule has 0 saturated heterocycles. The van der Waals surface area contributed by atoms with Crippen molar-refractivity contribution in [1.29, 1.82) is 5.26 Å². The predicted octanol–water partition coefficient (Wildman–Crippen LogP) is 4.69. The van der Waals surface area contributed by atoms with Gasteiger partial charge in [-0.2, -0.15) is 5.26 Å². The van der Waals surface area contributed by atoms with Gasteiger partial charge in [0.15, 0.2) is 0 Å². The number of fused-ring (bicyclic) bond motifs is 1. The van der Waals surface area contributed by atoms with Crippen molar-refractivity contribution in [2.45, 2.75) is 13.8 Å². The van der Waals surface area contributed by atoms with E-state index < -0.39 is 0 Å². The lowest BCUT2D eigenvalue weighted by molar-refractivity contribution is 0.420. The van der Waals surface area contributed by atoms with Crippen LogP contribution in [0.25, 0.3) is 28.1 Å². The minimum atomic E-state index is 0.0911. The standard InChI is InChI=1S/C20H17ClN4O/c1-11-9-13(5-4-8-22)10-12(2)16(11)14-6-7-15(26-3)17-18(14)24-20(21)25-19(17)23/h4-7,9-10H,1-3H3,(H2,23,24,25). The molecule has 0 unspecified atom stereocenters. The predicted molar refractivity (Wildman–Crippen MR) is 105 cm³/mol. The highest BCUT2D eigenvalue weighted by Crippen LogP contribution is 2.39. The molecular weight excluding hydrogens is 348 g/mol. The van der Waals surface area contributed by atoms with Gasteiger partial charge in [-0.05, 0) is 65.9 Å². The Balaban J connectivity index is 2.34. The Hall–Kier alpha value is -3.10. The van der Waals surface area contributed by atoms with Crippen molar-refractivity contribution in [3.8, 4) is 22.9 Å². The third-order valence-electron chi connectivity index (χ3n) is 4.21. The number of rotatable bonds is 3. The van der Waals surface area contributed by atoms with Crippen LogP contribution >= 0.6 is 11.6 Å². The van der Waals surface area contributed by atoms with Crippen molar-refractivity contribution in [3.63, 3.8) is 0 Å². The van der Waals surface area contributed by atoms with Crippen molar-refractivity contribution in [2.75, 3.05) is 12.8 Å². The zero-order chi connectivity index (χ0) is 18.8. The smallest absolute Gasteiger partial charge is 0.224 e. The summed E-state index contributed by atoms with van der Waals surface area (Å²) in [6, 6.07) is 9.87. The summed E-state index contributed by atoms with van der Waals surface area (Å²) in [5, 5.41) is 9.46. The Morgan fingerprint density at radius 3 is 2.50 bits per heavy atom. The normalized spacial score (nSPS) is 11.0. The third kappa shape index (κ3) is 3.07. The zero-order valence-electron chi connectivity index (χ0n) is 14.7. The SMILES string of the molecule is COc1ccc(-c2c(C)cc(C=CC#N)cc2C)c2nc(Cl)nc(N)c12. The largest absolute Gasteiger partial charge is 0.496 e. The van der Waals surface area contributed by atoms with Crippen LogP contribution in [0.5, 0.6) is 5.75 Å². The van der Waals surface area contributed by atoms with E-state index in [-0.39, 0.29) is 11.1 Å². The molecule has 0 radical (unpaired) electrons. The van der Waals surface area contributed by atoms with Crippen LogP contribution in [0.15, 0.2) is 30.3 Å². The number of nitrogens with zero attached hydrogens (tertiary/aromatic N) is 3. The van der Waals surface area contributed by atoms with E-state index in [1.54, 1.807) is 13.2 Å². The highest BCUT2D eigenvalue weighted by Gasteiger charge is 2.17. The van der Waals surface area contributed by atoms with Crippen molar-refractivity contribution in [3.05, 3.63) is 52.3 Å². The quantitative estimate of drug-likeness (QED) is 0.538. The Morgan fingerprint density at radius 1 is 1.19 bits per heavy atom. The van der Waals surface area contributed by atoms with Gasteiger partial charge < -0.3 is 10.5 Å². The maximum Gasteiger partial charge on any atom is 0.224 e. The van der Waals surface area contributed by atoms with E-state index in [1.165, 1.54) is 6.08 Å². The maximum atomic E-state index is 8.73. The number of methoxy groups -OCH3 is 1. The maximum absolute atomic E-state index is 8.73. The lowest BCUT2D eigenvalue weighted by Crippen LogP contribution is -2.00. The first kappa shape index (κ1) is 17.7. The summed E-state index contributed by atoms with van der Waals surface area (Å²) in [6.45, 7) is 4.04. The molecule has 3 aromatic rings. The molecule has 3 rings (SSSR count). The summed E-state index contributed by atoms with van der Waals surface area (Å²) < 4.78 is 5.42. The van der Waals surface area contributed by atoms with Gasteiger partial charge in [-0.15, -0.1) is 0 Å². The number of hydrogen-bond donors (Lipinski definition) is 1. The number of nitrogen functional groups attached to an aromatic ring is 1. The summed E-state index contributed by atoms with van der Waals surface area (Å²) in [5.74, 6) is 0.879. The van der Waals surface area contributed by atoms with Crippen LogP contribution < -0.4 is 10.5 Å². The number of nitrogens with two attached hydrogens (primary N) is 1. The molecule has 0 saturated carbocycles. The second kappa shape index (κ2) is 7.03. The average Bonchev–Trinajstić information content (AvgIpc) is 2.59. The Bertz CT molecular complexity index is 1060. The van der Waals surface area contributed by atoms with Gasteiger partial charge in [0, 0.05) is 11.6 Å². The van der Waals surface area contributed by atoms with Gasteiger partial charge in [0.1, 0.15) is 11.6 Å². The van der Waals surface area contributed by atoms with Crippen LogP contribution in [0.1, 0.15) is 16.7 Å². The van der Waals surface area contributed by atoms with Crippen molar-refractivity contribution >= 4 is 34.4 Å². The summed E-state index contributed by atoms with van der Waals surface area (Å²) >= 11 is 6.06. The van der Waals surface area contributed by atoms with Gasteiger partial charge >= 0.3 is 0 Å². The molecule has 5 nitrogen and oxygen atoms in total. The highest BCUT2D eigenvalue weighted by molar-refractivity contribution is 6.29. The molecule has 130 valence electrons. The van der Waals surface area contributed by atoms with Gasteiger partial charge in [-0.25, -0.2) is 9.97 Å². The highest BCUT2D eigenvalue weighted by atomic mass is 35.5. The first-order valence-electron chi connectivity index (χ1n) is 7.93. The van der Waals surface area contributed by atoms with Crippen molar-refractivity contribution in [1.82, 2.24) is 9.97 Å². The molecule has 26 heavy (non-hydrogen) atoms. The Kier molecular flexibility index (Phi) is 4.79. The van der Waals surface area contributed by atoms with Crippen LogP contribution in [0.2, 0.25) is 5.28 Å². The molecule has 0 fully saturated rings. The van der Waals surface area contributed by atoms with Gasteiger partial charge in [0.25, 0.3) is 0 Å². The average molecular weight is 365 g/mol. The van der Waals surface area contributed by atoms with Crippen LogP contribution in [0, 0.1) is 25.2 Å². The number of benzene rings is 2. The van der Waals surface area contributed by atoms with Crippen LogP contribution in [0.4, 0.5) is 5.82 Å². The van der Waals surface area contributed by atoms with Gasteiger partial charge in [-0.3, -0.25) is 0 Å². The molecule has 0 aliphatic rings. The van der Waals surface area contributed by atoms with E-state index in [0.29, 0.717) is 16.7 Å². The Labute approximate surface area is 156 Å². The van der Waals surface area contributed by atoms with E-state index in [1.807, 2.05) is 44.2 Å². The van der Waals surface area contributed by atoms with Gasteiger partial charge in [-0.1, -0.05) is 12.1 Å². The summed E-state index contributed by atoms with van der Waals surface area (Å²) in [5.41, 5.74) is 11.8. The number of ether oxygens (including phenoxy) is 1. The molecule has 6 heteroatoms. The number of anilines is 1. The van der Waals surface area contributed by atoms with E-state index in [2.05, 4.69) is 9.97 Å². The molecule has 2 aromatic carbocycles. The number of aryl methyl sites for hydroxylation is 2. The van der Waals surface area contributed by atoms with Gasteiger partial charge in [0.2, 0.25) is 5.28 Å². The van der Waals surface area contributed by atoms with Crippen LogP contribution in [0.3, 0.4) is 0 Å². The monoisotopic (exact) mass is 364 g/mol. The van der Waals surface area contributed by atoms with Crippen molar-refractivity contribution in [2.24, 2.45) is 0 Å². The molecule has 2 N–H and O–H groups in total. The van der Waals surface area contributed by atoms with E-state index in [9.17, 15) is 0 Å². The lowest BCUT2D eigenvalue weighted by Gasteiger charge is -2.16. The topological polar surface area (TPSA) is 84.8 Å². The summed E-state index contributed by atoms with van der Waals surface area (Å²) in [6.07, 6.45) is 3.25. The van der Waals surface area contributed by atoms with E-state index >= 15 is 0 Å². The number of halogens is 1. The molecule has 0 amide bonds. The molecule has 0 atom stereocenters. The first-order valence-corrected chi connectivity index (χ1v) is 8.31. The molecule has 0 bridgehead atoms. The van der Waals surface area contributed by atoms with E-state index in [0.717, 1.165) is 27.8 Å². The number of hydrogen-bond acceptors (Lipinski definition) is 5. The number of nitriles is 1. The van der Waals surface area contributed by atoms with Crippen LogP contribution in [-0.2, 0) is 0 Å². The number of allylic oxidation sites excluding steroid dienone is 1. The summed E-state index contributed by atoms with van der Waals surface area (Å²) in [4.78, 5) is 8.46. The molecule has 1 heterocycles. The summed E-state index contributed by atoms with van der Waals surface area (Å²) in [7, 11) is 1.58. The van der Waals surface area contributed by atoms with Gasteiger partial charge in [0.05, 0.1) is 24.1 Å². The minimum absolute atomic E-state index is 0.0911. The minimum Gasteiger partial charge on any atom is -0.496 e. The second-order valence-electron chi connectivity index (χ2n) is 5.91. The fourth-order valence-electron chi connectivity index (χ4n) is 3.23. The fourth-order valence-corrected chi connectivity index (χ4v) is 3.41. The lowest BCUT2D eigenvalue weighted by atomic mass is 9.92. The molecule has 0 aliphatic heterocycles. The van der Waals surface area contributed by atoms with E-state index in [4.69, 9.17) is 27.3 Å². The first-order chi connectivity index (χ1) is 12.5. The molecular formula is C20H17ClN4O. The molecule has 0 aliphatic carbocycles. The van der Waals surface area contributed by atoms with Crippen molar-refractivity contribution < 1.29 is 4.74 Å². The Morgan fingerprint density at radius 2 is 1.88 bits per heavy atom. The van der Waals surface area contributed by atoms with Crippen LogP contribution in [-0.4, -0.2) is 17.1 Å². The molecule has 0 spiro atoms. The fraction of sp³-hybridized carbons (Fsp3) is 0.150. The third-order valence-corrected chi connectivity index (χ3v) is 4.38. The zero-order valence-corrected chi connectivity index (χ0v) is 15.4.